The first-order chi connectivity index (χ1) is 11.0. The monoisotopic (exact) mass is 344 g/mol. The lowest BCUT2D eigenvalue weighted by Gasteiger charge is -2.29. The van der Waals surface area contributed by atoms with Crippen molar-refractivity contribution >= 4 is 20.5 Å². The van der Waals surface area contributed by atoms with Gasteiger partial charge in [-0.15, -0.1) is 0 Å². The normalized spacial score (nSPS) is 11.7. The van der Waals surface area contributed by atoms with Crippen molar-refractivity contribution in [3.63, 3.8) is 0 Å². The first kappa shape index (κ1) is 21.8. The standard InChI is InChI=1S/C16H32N2O4Si/c1-5-9-10-11-21-15(19)17-18-16(20)22-23(12-6-2,13-7-3)14-8-4/h5-14H2,1-4H3. The number of carbonyl (C=O) groups excluding carboxylic acids is 2. The Labute approximate surface area is 141 Å². The fraction of sp³-hybridized carbons (Fsp3) is 0.875. The third-order valence-electron chi connectivity index (χ3n) is 3.61. The van der Waals surface area contributed by atoms with Crippen molar-refractivity contribution in [1.29, 1.82) is 0 Å². The van der Waals surface area contributed by atoms with Gasteiger partial charge in [0, 0.05) is 0 Å². The van der Waals surface area contributed by atoms with E-state index in [0.717, 1.165) is 56.7 Å². The van der Waals surface area contributed by atoms with Gasteiger partial charge in [0.25, 0.3) is 8.32 Å². The zero-order valence-corrected chi connectivity index (χ0v) is 16.1. The Hall–Kier alpha value is -1.24. The van der Waals surface area contributed by atoms with Gasteiger partial charge >= 0.3 is 12.2 Å². The second-order valence-corrected chi connectivity index (χ2v) is 9.89. The smallest absolute Gasteiger partial charge is 0.452 e. The molecule has 0 unspecified atom stereocenters. The van der Waals surface area contributed by atoms with Crippen LogP contribution in [0.25, 0.3) is 0 Å². The van der Waals surface area contributed by atoms with Gasteiger partial charge in [0.15, 0.2) is 0 Å². The Morgan fingerprint density at radius 3 is 1.78 bits per heavy atom. The Bertz CT molecular complexity index is 358. The van der Waals surface area contributed by atoms with Gasteiger partial charge < -0.3 is 9.16 Å². The molecule has 0 saturated carbocycles. The summed E-state index contributed by atoms with van der Waals surface area (Å²) in [5.41, 5.74) is 0. The van der Waals surface area contributed by atoms with E-state index in [1.54, 1.807) is 0 Å². The minimum absolute atomic E-state index is 0.306. The first-order valence-electron chi connectivity index (χ1n) is 8.85. The highest BCUT2D eigenvalue weighted by Crippen LogP contribution is 2.28. The number of rotatable bonds is 11. The van der Waals surface area contributed by atoms with Crippen molar-refractivity contribution in [1.82, 2.24) is 0 Å². The molecular formula is C16H32N2O4Si. The highest BCUT2D eigenvalue weighted by Gasteiger charge is 2.36. The molecule has 0 fully saturated rings. The molecule has 0 aromatic carbocycles. The van der Waals surface area contributed by atoms with E-state index in [-0.39, 0.29) is 0 Å². The second-order valence-electron chi connectivity index (χ2n) is 5.82. The summed E-state index contributed by atoms with van der Waals surface area (Å²) in [5.74, 6) is 0. The highest BCUT2D eigenvalue weighted by molar-refractivity contribution is 6.75. The lowest BCUT2D eigenvalue weighted by Crippen LogP contribution is -2.39. The molecule has 23 heavy (non-hydrogen) atoms. The van der Waals surface area contributed by atoms with Crippen LogP contribution in [0.1, 0.15) is 66.2 Å². The molecule has 0 aromatic heterocycles. The molecule has 0 N–H and O–H groups in total. The minimum Gasteiger partial charge on any atom is -0.501 e. The zero-order chi connectivity index (χ0) is 17.6. The number of hydrogen-bond acceptors (Lipinski definition) is 4. The summed E-state index contributed by atoms with van der Waals surface area (Å²) < 4.78 is 10.6. The molecular weight excluding hydrogens is 312 g/mol. The predicted molar refractivity (Wildman–Crippen MR) is 93.3 cm³/mol. The van der Waals surface area contributed by atoms with E-state index in [4.69, 9.17) is 9.16 Å². The lowest BCUT2D eigenvalue weighted by atomic mass is 10.3. The van der Waals surface area contributed by atoms with Gasteiger partial charge in [-0.25, -0.2) is 9.59 Å². The van der Waals surface area contributed by atoms with Gasteiger partial charge in [0.05, 0.1) is 6.61 Å². The van der Waals surface area contributed by atoms with Crippen LogP contribution in [0.2, 0.25) is 18.1 Å². The Morgan fingerprint density at radius 1 is 0.783 bits per heavy atom. The Kier molecular flexibility index (Phi) is 12.5. The van der Waals surface area contributed by atoms with Crippen molar-refractivity contribution < 1.29 is 18.8 Å². The summed E-state index contributed by atoms with van der Waals surface area (Å²) >= 11 is 0. The van der Waals surface area contributed by atoms with Crippen molar-refractivity contribution in [2.75, 3.05) is 6.61 Å². The third-order valence-corrected chi connectivity index (χ3v) is 8.45. The van der Waals surface area contributed by atoms with E-state index < -0.39 is 20.5 Å². The maximum Gasteiger partial charge on any atom is 0.452 e. The fourth-order valence-electron chi connectivity index (χ4n) is 2.72. The van der Waals surface area contributed by atoms with Gasteiger partial charge in [-0.3, -0.25) is 0 Å². The zero-order valence-electron chi connectivity index (χ0n) is 15.1. The second kappa shape index (κ2) is 13.2. The van der Waals surface area contributed by atoms with E-state index in [1.165, 1.54) is 0 Å². The summed E-state index contributed by atoms with van der Waals surface area (Å²) in [4.78, 5) is 23.3. The van der Waals surface area contributed by atoms with Crippen LogP contribution in [-0.2, 0) is 9.16 Å². The van der Waals surface area contributed by atoms with Crippen LogP contribution in [0, 0.1) is 0 Å². The molecule has 0 aliphatic heterocycles. The topological polar surface area (TPSA) is 77.3 Å². The molecule has 0 spiro atoms. The number of unbranched alkanes of at least 4 members (excludes halogenated alkanes) is 2. The molecule has 0 aliphatic rings. The minimum atomic E-state index is -2.12. The van der Waals surface area contributed by atoms with Crippen LogP contribution in [0.3, 0.4) is 0 Å². The van der Waals surface area contributed by atoms with Crippen LogP contribution >= 0.6 is 0 Å². The molecule has 0 aliphatic carbocycles. The lowest BCUT2D eigenvalue weighted by molar-refractivity contribution is 0.152. The van der Waals surface area contributed by atoms with Gasteiger partial charge in [-0.1, -0.05) is 70.0 Å². The summed E-state index contributed by atoms with van der Waals surface area (Å²) in [5, 5.41) is 6.68. The molecule has 0 saturated heterocycles. The van der Waals surface area contributed by atoms with Crippen LogP contribution in [-0.4, -0.2) is 27.1 Å². The van der Waals surface area contributed by atoms with E-state index >= 15 is 0 Å². The van der Waals surface area contributed by atoms with Crippen LogP contribution < -0.4 is 0 Å². The molecule has 7 heteroatoms. The van der Waals surface area contributed by atoms with Crippen LogP contribution in [0.5, 0.6) is 0 Å². The molecule has 0 rings (SSSR count). The van der Waals surface area contributed by atoms with E-state index in [0.29, 0.717) is 6.61 Å². The molecule has 134 valence electrons. The summed E-state index contributed by atoms with van der Waals surface area (Å²) in [6.07, 6.45) is 4.20. The van der Waals surface area contributed by atoms with Gasteiger partial charge in [0.1, 0.15) is 0 Å². The molecule has 2 amide bonds. The fourth-order valence-corrected chi connectivity index (χ4v) is 6.92. The van der Waals surface area contributed by atoms with Gasteiger partial charge in [-0.05, 0) is 24.6 Å². The SMILES string of the molecule is CCCCCOC(=O)N=NC(=O)O[Si](CCC)(CCC)CCC. The molecule has 0 bridgehead atoms. The first-order valence-corrected chi connectivity index (χ1v) is 11.4. The van der Waals surface area contributed by atoms with E-state index in [9.17, 15) is 9.59 Å². The van der Waals surface area contributed by atoms with Gasteiger partial charge in [-0.2, -0.15) is 0 Å². The Balaban J connectivity index is 4.49. The quantitative estimate of drug-likeness (QED) is 0.258. The van der Waals surface area contributed by atoms with Crippen LogP contribution in [0.15, 0.2) is 10.2 Å². The predicted octanol–water partition coefficient (Wildman–Crippen LogP) is 6.08. The number of nitrogens with zero attached hydrogens (tertiary/aromatic N) is 2. The number of azo groups is 1. The Morgan fingerprint density at radius 2 is 1.30 bits per heavy atom. The molecule has 6 nitrogen and oxygen atoms in total. The molecule has 0 aromatic rings. The summed E-state index contributed by atoms with van der Waals surface area (Å²) in [7, 11) is -2.12. The summed E-state index contributed by atoms with van der Waals surface area (Å²) in [6, 6.07) is 2.78. The number of ether oxygens (including phenoxy) is 1. The molecule has 0 atom stereocenters. The average molecular weight is 345 g/mol. The molecule has 0 radical (unpaired) electrons. The number of carbonyl (C=O) groups is 2. The number of hydrogen-bond donors (Lipinski definition) is 0. The average Bonchev–Trinajstić information content (AvgIpc) is 2.50. The maximum absolute atomic E-state index is 11.9. The van der Waals surface area contributed by atoms with Crippen molar-refractivity contribution in [3.8, 4) is 0 Å². The maximum atomic E-state index is 11.9. The third kappa shape index (κ3) is 10.2. The summed E-state index contributed by atoms with van der Waals surface area (Å²) in [6.45, 7) is 8.65. The van der Waals surface area contributed by atoms with E-state index in [2.05, 4.69) is 37.9 Å². The number of amides is 2. The van der Waals surface area contributed by atoms with Crippen molar-refractivity contribution in [3.05, 3.63) is 0 Å². The van der Waals surface area contributed by atoms with Crippen molar-refractivity contribution in [2.45, 2.75) is 84.4 Å². The van der Waals surface area contributed by atoms with E-state index in [1.807, 2.05) is 0 Å². The highest BCUT2D eigenvalue weighted by atomic mass is 28.4. The van der Waals surface area contributed by atoms with Gasteiger partial charge in [0.2, 0.25) is 0 Å². The van der Waals surface area contributed by atoms with Crippen LogP contribution in [0.4, 0.5) is 9.59 Å². The molecule has 0 heterocycles. The largest absolute Gasteiger partial charge is 0.501 e. The van der Waals surface area contributed by atoms with Crippen molar-refractivity contribution in [2.24, 2.45) is 10.2 Å².